The SMILES string of the molecule is c1ccc(-c2c3ccccc3c(-c3ccccc3)c3ccccc23)cc1.c1ccc(-c2c3ccccc3cc3ccccc23)cc1.c1ccc(-c2ccc3cc4ccccc4cc3c2)cc1.c1ccc(-c2ccc3ccccc3c2)cc1.c1ccc(-c2cccc3ccccc23)cc1.c1ccc(-c2ccccc2)cc1.c1ccc2c(c1)ccc1oc3ccccc3c12.c1ccc2c(c1)ccc1sc3ccccc3c12. The van der Waals surface area contributed by atoms with E-state index in [0.717, 1.165) is 11.2 Å². The molecule has 0 aliphatic carbocycles. The zero-order valence-electron chi connectivity index (χ0n) is 79.6. The Morgan fingerprint density at radius 2 is 0.396 bits per heavy atom. The first kappa shape index (κ1) is 90.7. The molecule has 2 heterocycles. The van der Waals surface area contributed by atoms with Crippen LogP contribution in [0.3, 0.4) is 0 Å². The van der Waals surface area contributed by atoms with Crippen molar-refractivity contribution in [1.82, 2.24) is 0 Å². The second-order valence-electron chi connectivity index (χ2n) is 35.8. The van der Waals surface area contributed by atoms with Crippen LogP contribution in [0.2, 0.25) is 0 Å². The molecular formula is C142H100OS. The summed E-state index contributed by atoms with van der Waals surface area (Å²) in [6.07, 6.45) is 0. The van der Waals surface area contributed by atoms with Crippen LogP contribution in [0.15, 0.2) is 611 Å². The summed E-state index contributed by atoms with van der Waals surface area (Å²) in [5, 5.41) is 31.2. The molecule has 0 N–H and O–H groups in total. The zero-order valence-corrected chi connectivity index (χ0v) is 80.4. The molecule has 29 rings (SSSR count). The van der Waals surface area contributed by atoms with E-state index in [0.29, 0.717) is 0 Å². The molecule has 0 fully saturated rings. The molecule has 0 saturated carbocycles. The topological polar surface area (TPSA) is 13.1 Å². The first-order valence-electron chi connectivity index (χ1n) is 49.2. The lowest BCUT2D eigenvalue weighted by molar-refractivity contribution is 0.669. The Hall–Kier alpha value is -18.4. The monoisotopic (exact) mass is 1850 g/mol. The predicted molar refractivity (Wildman–Crippen MR) is 625 cm³/mol. The van der Waals surface area contributed by atoms with E-state index in [1.807, 2.05) is 41.7 Å². The molecule has 2 aromatic heterocycles. The Kier molecular flexibility index (Phi) is 27.3. The number of fused-ring (bicyclic) bond motifs is 18. The van der Waals surface area contributed by atoms with Gasteiger partial charge in [0.05, 0.1) is 0 Å². The van der Waals surface area contributed by atoms with Crippen LogP contribution in [0.4, 0.5) is 0 Å². The fraction of sp³-hybridized carbons (Fsp3) is 0. The van der Waals surface area contributed by atoms with Crippen molar-refractivity contribution in [2.45, 2.75) is 0 Å². The minimum atomic E-state index is 0.957. The number of furan rings is 1. The predicted octanol–water partition coefficient (Wildman–Crippen LogP) is 41.0. The average Bonchev–Trinajstić information content (AvgIpc) is 1.17. The van der Waals surface area contributed by atoms with Crippen molar-refractivity contribution >= 4 is 161 Å². The van der Waals surface area contributed by atoms with Crippen molar-refractivity contribution in [3.05, 3.63) is 607 Å². The number of hydrogen-bond acceptors (Lipinski definition) is 2. The average molecular weight is 1850 g/mol. The van der Waals surface area contributed by atoms with Crippen molar-refractivity contribution in [1.29, 1.82) is 0 Å². The van der Waals surface area contributed by atoms with Gasteiger partial charge in [0.2, 0.25) is 0 Å². The normalized spacial score (nSPS) is 10.9. The Labute approximate surface area is 843 Å². The van der Waals surface area contributed by atoms with Crippen molar-refractivity contribution < 1.29 is 4.42 Å². The molecule has 0 aliphatic rings. The molecule has 0 saturated heterocycles. The molecule has 1 nitrogen and oxygen atoms in total. The van der Waals surface area contributed by atoms with E-state index in [1.54, 1.807) is 0 Å². The largest absolute Gasteiger partial charge is 0.456 e. The fourth-order valence-electron chi connectivity index (χ4n) is 20.0. The highest BCUT2D eigenvalue weighted by Crippen LogP contribution is 2.46. The van der Waals surface area contributed by atoms with Crippen molar-refractivity contribution in [2.24, 2.45) is 0 Å². The summed E-state index contributed by atoms with van der Waals surface area (Å²) >= 11 is 1.88. The molecule has 0 bridgehead atoms. The Bertz CT molecular complexity index is 9060. The van der Waals surface area contributed by atoms with E-state index < -0.39 is 0 Å². The van der Waals surface area contributed by atoms with Gasteiger partial charge in [-0.1, -0.05) is 552 Å². The van der Waals surface area contributed by atoms with Gasteiger partial charge in [0.25, 0.3) is 0 Å². The third-order valence-corrected chi connectivity index (χ3v) is 28.0. The molecule has 29 aromatic rings. The number of rotatable bonds is 7. The van der Waals surface area contributed by atoms with Crippen LogP contribution in [-0.4, -0.2) is 0 Å². The Balaban J connectivity index is 0.0000000947. The summed E-state index contributed by atoms with van der Waals surface area (Å²) in [7, 11) is 0. The lowest BCUT2D eigenvalue weighted by atomic mass is 9.86. The summed E-state index contributed by atoms with van der Waals surface area (Å²) < 4.78 is 8.61. The van der Waals surface area contributed by atoms with Crippen molar-refractivity contribution in [2.75, 3.05) is 0 Å². The van der Waals surface area contributed by atoms with Gasteiger partial charge in [-0.15, -0.1) is 11.3 Å². The molecule has 144 heavy (non-hydrogen) atoms. The number of para-hydroxylation sites is 1. The van der Waals surface area contributed by atoms with Crippen LogP contribution >= 0.6 is 11.3 Å². The van der Waals surface area contributed by atoms with E-state index in [2.05, 4.69) is 576 Å². The van der Waals surface area contributed by atoms with Crippen LogP contribution in [-0.2, 0) is 0 Å². The van der Waals surface area contributed by atoms with Gasteiger partial charge in [-0.3, -0.25) is 0 Å². The highest BCUT2D eigenvalue weighted by molar-refractivity contribution is 7.26. The van der Waals surface area contributed by atoms with Crippen LogP contribution in [0.25, 0.3) is 228 Å². The van der Waals surface area contributed by atoms with E-state index in [9.17, 15) is 0 Å². The number of hydrogen-bond donors (Lipinski definition) is 0. The van der Waals surface area contributed by atoms with E-state index in [4.69, 9.17) is 4.42 Å². The quantitative estimate of drug-likeness (QED) is 0.145. The van der Waals surface area contributed by atoms with Crippen LogP contribution < -0.4 is 0 Å². The lowest BCUT2D eigenvalue weighted by Gasteiger charge is -2.17. The van der Waals surface area contributed by atoms with Gasteiger partial charge >= 0.3 is 0 Å². The van der Waals surface area contributed by atoms with Gasteiger partial charge in [-0.2, -0.15) is 0 Å². The number of benzene rings is 27. The summed E-state index contributed by atoms with van der Waals surface area (Å²) in [4.78, 5) is 0. The van der Waals surface area contributed by atoms with Gasteiger partial charge in [0.15, 0.2) is 0 Å². The summed E-state index contributed by atoms with van der Waals surface area (Å²) in [5.74, 6) is 0. The van der Waals surface area contributed by atoms with Crippen LogP contribution in [0.5, 0.6) is 0 Å². The molecular weight excluding hydrogens is 1750 g/mol. The smallest absolute Gasteiger partial charge is 0.136 e. The third kappa shape index (κ3) is 20.0. The molecule has 0 radical (unpaired) electrons. The molecule has 0 spiro atoms. The van der Waals surface area contributed by atoms with E-state index >= 15 is 0 Å². The second kappa shape index (κ2) is 43.3. The molecule has 0 amide bonds. The van der Waals surface area contributed by atoms with Gasteiger partial charge < -0.3 is 4.42 Å². The first-order valence-corrected chi connectivity index (χ1v) is 50.0. The molecule has 0 unspecified atom stereocenters. The maximum Gasteiger partial charge on any atom is 0.136 e. The summed E-state index contributed by atoms with van der Waals surface area (Å²) in [5.41, 5.74) is 19.9. The van der Waals surface area contributed by atoms with Gasteiger partial charge in [-0.05, 0) is 240 Å². The first-order chi connectivity index (χ1) is 71.5. The maximum absolute atomic E-state index is 5.86. The highest BCUT2D eigenvalue weighted by atomic mass is 32.1. The van der Waals surface area contributed by atoms with Crippen molar-refractivity contribution in [3.63, 3.8) is 0 Å². The Morgan fingerprint density at radius 3 is 0.861 bits per heavy atom. The second-order valence-corrected chi connectivity index (χ2v) is 36.9. The minimum absolute atomic E-state index is 0.957. The minimum Gasteiger partial charge on any atom is -0.456 e. The van der Waals surface area contributed by atoms with Gasteiger partial charge in [0.1, 0.15) is 11.2 Å². The lowest BCUT2D eigenvalue weighted by Crippen LogP contribution is -1.90. The Morgan fingerprint density at radius 1 is 0.118 bits per heavy atom. The van der Waals surface area contributed by atoms with Crippen molar-refractivity contribution in [3.8, 4) is 77.9 Å². The summed E-state index contributed by atoms with van der Waals surface area (Å²) in [6.45, 7) is 0. The highest BCUT2D eigenvalue weighted by Gasteiger charge is 2.18. The maximum atomic E-state index is 5.86. The molecule has 0 atom stereocenters. The van der Waals surface area contributed by atoms with Gasteiger partial charge in [-0.25, -0.2) is 0 Å². The molecule has 0 aliphatic heterocycles. The molecule has 27 aromatic carbocycles. The molecule has 680 valence electrons. The standard InChI is InChI=1S/C26H18.2C20H14.C16H10O.C16H10S.2C16H12.C12H10/c1-3-11-19(12-4-1)25-21-15-7-9-17-23(21)26(20-13-5-2-6-14-20)24-18-10-8-16-22(24)25;1-2-8-15(9-3-1)20-18-12-6-4-10-16(18)14-17-11-5-7-13-19(17)20;1-2-6-15(7-3-1)18-10-11-19-12-16-8-4-5-9-17(16)13-20(19)14-18;2*1-2-6-12-11(5-1)9-10-15-16(12)13-7-3-4-8-14(13)17-15;1-2-7-13(8-3-1)16-12-6-10-14-9-4-5-11-15(14)16;1-2-6-13(7-3-1)16-11-10-14-8-4-5-9-15(14)12-16;1-3-7-11(8-4-1)12-9-5-2-6-10-12/h1-18H;2*1-14H;2*1-10H;2*1-12H;1-10H. The van der Waals surface area contributed by atoms with Crippen LogP contribution in [0.1, 0.15) is 0 Å². The third-order valence-electron chi connectivity index (χ3n) is 26.8. The van der Waals surface area contributed by atoms with E-state index in [1.165, 1.54) is 217 Å². The summed E-state index contributed by atoms with van der Waals surface area (Å²) in [6, 6.07) is 214. The van der Waals surface area contributed by atoms with E-state index in [-0.39, 0.29) is 0 Å². The fourth-order valence-corrected chi connectivity index (χ4v) is 21.1. The van der Waals surface area contributed by atoms with Crippen LogP contribution in [0, 0.1) is 0 Å². The van der Waals surface area contributed by atoms with Gasteiger partial charge in [0, 0.05) is 30.9 Å². The zero-order chi connectivity index (χ0) is 96.4. The molecule has 2 heteroatoms. The number of thiophene rings is 1.